The van der Waals surface area contributed by atoms with Gasteiger partial charge < -0.3 is 10.1 Å². The summed E-state index contributed by atoms with van der Waals surface area (Å²) < 4.78 is 28.0. The van der Waals surface area contributed by atoms with E-state index in [0.29, 0.717) is 19.6 Å². The highest BCUT2D eigenvalue weighted by atomic mass is 32.2. The average Bonchev–Trinajstić information content (AvgIpc) is 2.30. The molecule has 1 aromatic rings. The van der Waals surface area contributed by atoms with E-state index >= 15 is 0 Å². The van der Waals surface area contributed by atoms with Crippen molar-refractivity contribution in [3.8, 4) is 0 Å². The average molecular weight is 257 g/mol. The zero-order valence-electron chi connectivity index (χ0n) is 10.1. The molecule has 0 amide bonds. The molecule has 0 heterocycles. The molecular formula is C12H19NO3S. The summed E-state index contributed by atoms with van der Waals surface area (Å²) in [6, 6.07) is 9.58. The minimum atomic E-state index is -2.97. The second-order valence-corrected chi connectivity index (χ2v) is 6.09. The first kappa shape index (κ1) is 14.0. The molecule has 0 aromatic heterocycles. The molecule has 0 atom stereocenters. The van der Waals surface area contributed by atoms with Gasteiger partial charge in [0.2, 0.25) is 0 Å². The third-order valence-corrected chi connectivity index (χ3v) is 4.06. The largest absolute Gasteiger partial charge is 0.385 e. The molecule has 4 nitrogen and oxygen atoms in total. The third kappa shape index (κ3) is 6.28. The lowest BCUT2D eigenvalue weighted by molar-refractivity contribution is 0.199. The van der Waals surface area contributed by atoms with Gasteiger partial charge in [-0.25, -0.2) is 8.42 Å². The van der Waals surface area contributed by atoms with Gasteiger partial charge in [-0.3, -0.25) is 0 Å². The molecule has 0 unspecified atom stereocenters. The van der Waals surface area contributed by atoms with Crippen LogP contribution in [0.3, 0.4) is 0 Å². The SMILES string of the molecule is COCCCS(=O)(=O)CCNc1ccccc1. The smallest absolute Gasteiger partial charge is 0.152 e. The molecule has 0 spiro atoms. The van der Waals surface area contributed by atoms with E-state index in [1.807, 2.05) is 30.3 Å². The lowest BCUT2D eigenvalue weighted by Gasteiger charge is -2.07. The molecule has 1 rings (SSSR count). The van der Waals surface area contributed by atoms with Crippen LogP contribution in [0.15, 0.2) is 30.3 Å². The molecular weight excluding hydrogens is 238 g/mol. The molecule has 0 aliphatic carbocycles. The maximum absolute atomic E-state index is 11.6. The van der Waals surface area contributed by atoms with Crippen LogP contribution >= 0.6 is 0 Å². The highest BCUT2D eigenvalue weighted by Crippen LogP contribution is 2.04. The molecule has 96 valence electrons. The molecule has 0 saturated carbocycles. The van der Waals surface area contributed by atoms with E-state index < -0.39 is 9.84 Å². The van der Waals surface area contributed by atoms with E-state index in [9.17, 15) is 8.42 Å². The van der Waals surface area contributed by atoms with Crippen molar-refractivity contribution in [2.24, 2.45) is 0 Å². The van der Waals surface area contributed by atoms with Crippen molar-refractivity contribution in [2.75, 3.05) is 37.1 Å². The number of methoxy groups -OCH3 is 1. The number of para-hydroxylation sites is 1. The molecule has 17 heavy (non-hydrogen) atoms. The fourth-order valence-electron chi connectivity index (χ4n) is 1.43. The van der Waals surface area contributed by atoms with Gasteiger partial charge >= 0.3 is 0 Å². The highest BCUT2D eigenvalue weighted by molar-refractivity contribution is 7.91. The van der Waals surface area contributed by atoms with E-state index in [4.69, 9.17) is 4.74 Å². The van der Waals surface area contributed by atoms with Gasteiger partial charge in [0, 0.05) is 25.9 Å². The van der Waals surface area contributed by atoms with Gasteiger partial charge in [0.15, 0.2) is 9.84 Å². The molecule has 0 bridgehead atoms. The van der Waals surface area contributed by atoms with Crippen LogP contribution in [0.4, 0.5) is 5.69 Å². The molecule has 1 aromatic carbocycles. The number of nitrogens with one attached hydrogen (secondary N) is 1. The normalized spacial score (nSPS) is 11.4. The van der Waals surface area contributed by atoms with Gasteiger partial charge in [-0.2, -0.15) is 0 Å². The summed E-state index contributed by atoms with van der Waals surface area (Å²) in [4.78, 5) is 0. The minimum absolute atomic E-state index is 0.158. The van der Waals surface area contributed by atoms with Crippen molar-refractivity contribution >= 4 is 15.5 Å². The van der Waals surface area contributed by atoms with Crippen LogP contribution in [0, 0.1) is 0 Å². The Morgan fingerprint density at radius 2 is 1.88 bits per heavy atom. The number of rotatable bonds is 8. The Hall–Kier alpha value is -1.07. The van der Waals surface area contributed by atoms with Crippen molar-refractivity contribution in [1.29, 1.82) is 0 Å². The van der Waals surface area contributed by atoms with E-state index in [1.54, 1.807) is 7.11 Å². The number of anilines is 1. The minimum Gasteiger partial charge on any atom is -0.385 e. The highest BCUT2D eigenvalue weighted by Gasteiger charge is 2.09. The van der Waals surface area contributed by atoms with Gasteiger partial charge in [0.1, 0.15) is 0 Å². The Kier molecular flexibility index (Phi) is 6.00. The second-order valence-electron chi connectivity index (χ2n) is 3.79. The Morgan fingerprint density at radius 1 is 1.18 bits per heavy atom. The van der Waals surface area contributed by atoms with Gasteiger partial charge in [-0.15, -0.1) is 0 Å². The predicted molar refractivity (Wildman–Crippen MR) is 70.1 cm³/mol. The first-order valence-electron chi connectivity index (χ1n) is 5.62. The first-order valence-corrected chi connectivity index (χ1v) is 7.44. The lowest BCUT2D eigenvalue weighted by Crippen LogP contribution is -2.19. The molecule has 0 radical (unpaired) electrons. The van der Waals surface area contributed by atoms with Gasteiger partial charge in [0.25, 0.3) is 0 Å². The number of benzene rings is 1. The maximum atomic E-state index is 11.6. The summed E-state index contributed by atoms with van der Waals surface area (Å²) in [5.74, 6) is 0.350. The summed E-state index contributed by atoms with van der Waals surface area (Å²) in [6.07, 6.45) is 0.560. The Balaban J connectivity index is 2.26. The van der Waals surface area contributed by atoms with E-state index in [1.165, 1.54) is 0 Å². The Labute approximate surface area is 103 Å². The molecule has 5 heteroatoms. The molecule has 0 saturated heterocycles. The van der Waals surface area contributed by atoms with Crippen molar-refractivity contribution in [3.63, 3.8) is 0 Å². The van der Waals surface area contributed by atoms with E-state index in [2.05, 4.69) is 5.32 Å². The molecule has 0 fully saturated rings. The quantitative estimate of drug-likeness (QED) is 0.718. The topological polar surface area (TPSA) is 55.4 Å². The Bertz CT molecular complexity index is 403. The summed E-state index contributed by atoms with van der Waals surface area (Å²) in [6.45, 7) is 0.935. The number of hydrogen-bond donors (Lipinski definition) is 1. The predicted octanol–water partition coefficient (Wildman–Crippen LogP) is 1.55. The zero-order chi connectivity index (χ0) is 12.6. The monoisotopic (exact) mass is 257 g/mol. The van der Waals surface area contributed by atoms with Crippen molar-refractivity contribution in [2.45, 2.75) is 6.42 Å². The van der Waals surface area contributed by atoms with Gasteiger partial charge in [0.05, 0.1) is 11.5 Å². The summed E-state index contributed by atoms with van der Waals surface area (Å²) >= 11 is 0. The fraction of sp³-hybridized carbons (Fsp3) is 0.500. The van der Waals surface area contributed by atoms with Crippen LogP contribution in [-0.4, -0.2) is 40.2 Å². The summed E-state index contributed by atoms with van der Waals surface area (Å²) in [5, 5.41) is 3.08. The number of hydrogen-bond acceptors (Lipinski definition) is 4. The Morgan fingerprint density at radius 3 is 2.53 bits per heavy atom. The summed E-state index contributed by atoms with van der Waals surface area (Å²) in [5.41, 5.74) is 0.944. The molecule has 1 N–H and O–H groups in total. The van der Waals surface area contributed by atoms with Gasteiger partial charge in [-0.05, 0) is 18.6 Å². The van der Waals surface area contributed by atoms with Crippen LogP contribution in [0.5, 0.6) is 0 Å². The number of ether oxygens (including phenoxy) is 1. The van der Waals surface area contributed by atoms with E-state index in [-0.39, 0.29) is 11.5 Å². The standard InChI is InChI=1S/C12H19NO3S/c1-16-9-5-10-17(14,15)11-8-13-12-6-3-2-4-7-12/h2-4,6-7,13H,5,8-11H2,1H3. The lowest BCUT2D eigenvalue weighted by atomic mass is 10.3. The number of sulfone groups is 1. The third-order valence-electron chi connectivity index (χ3n) is 2.32. The van der Waals surface area contributed by atoms with Crippen molar-refractivity contribution in [3.05, 3.63) is 30.3 Å². The second kappa shape index (κ2) is 7.29. The van der Waals surface area contributed by atoms with Crippen LogP contribution in [-0.2, 0) is 14.6 Å². The van der Waals surface area contributed by atoms with Crippen molar-refractivity contribution < 1.29 is 13.2 Å². The summed E-state index contributed by atoms with van der Waals surface area (Å²) in [7, 11) is -1.39. The molecule has 0 aliphatic heterocycles. The van der Waals surface area contributed by atoms with Crippen LogP contribution in [0.2, 0.25) is 0 Å². The van der Waals surface area contributed by atoms with E-state index in [0.717, 1.165) is 5.69 Å². The molecule has 0 aliphatic rings. The van der Waals surface area contributed by atoms with Gasteiger partial charge in [-0.1, -0.05) is 18.2 Å². The van der Waals surface area contributed by atoms with Crippen LogP contribution < -0.4 is 5.32 Å². The van der Waals surface area contributed by atoms with Crippen LogP contribution in [0.25, 0.3) is 0 Å². The van der Waals surface area contributed by atoms with Crippen LogP contribution in [0.1, 0.15) is 6.42 Å². The first-order chi connectivity index (χ1) is 8.14. The zero-order valence-corrected chi connectivity index (χ0v) is 10.9. The maximum Gasteiger partial charge on any atom is 0.152 e. The fourth-order valence-corrected chi connectivity index (χ4v) is 2.61. The van der Waals surface area contributed by atoms with Crippen molar-refractivity contribution in [1.82, 2.24) is 0 Å².